The molecular formula is C25H30Cl2N9O15P2-. The number of hydrogen-bond donors (Lipinski definition) is 11. The van der Waals surface area contributed by atoms with Crippen LogP contribution in [0.5, 0.6) is 0 Å². The highest BCUT2D eigenvalue weighted by Gasteiger charge is 2.46. The number of nitrogen functional groups attached to an aromatic ring is 1. The molecule has 53 heavy (non-hydrogen) atoms. The van der Waals surface area contributed by atoms with Gasteiger partial charge in [0.05, 0.1) is 47.5 Å². The number of hydrogen-bond acceptors (Lipinski definition) is 20. The van der Waals surface area contributed by atoms with Crippen LogP contribution >= 0.6 is 38.8 Å². The maximum absolute atomic E-state index is 12.5. The molecule has 0 spiro atoms. The third-order valence-electron chi connectivity index (χ3n) is 8.03. The molecule has 2 aromatic heterocycles. The predicted octanol–water partition coefficient (Wildman–Crippen LogP) is -2.87. The van der Waals surface area contributed by atoms with Gasteiger partial charge in [-0.25, -0.2) is 24.1 Å². The zero-order valence-electron chi connectivity index (χ0n) is 26.4. The monoisotopic (exact) mass is 828 g/mol. The average molecular weight is 829 g/mol. The minimum Gasteiger partial charge on any atom is -0.820 e. The van der Waals surface area contributed by atoms with Gasteiger partial charge in [-0.1, -0.05) is 23.2 Å². The summed E-state index contributed by atoms with van der Waals surface area (Å²) >= 11 is 12.3. The number of aliphatic hydroxyl groups is 5. The topological polar surface area (TPSA) is 362 Å². The molecule has 0 bridgehead atoms. The Morgan fingerprint density at radius 3 is 2.45 bits per heavy atom. The molecular weight excluding hydrogens is 799 g/mol. The van der Waals surface area contributed by atoms with Crippen molar-refractivity contribution in [2.45, 2.75) is 49.2 Å². The zero-order chi connectivity index (χ0) is 38.6. The SMILES string of the molecule is Nc1ncnc2c1ncn2[C@@H]1O[C@H](COP(=O)(O)OP(=O)(O)OC[C@@H](O)[C@H](O)[C@H](O)CN2C3=C(Nc4cc(Cl)c(Cl)cc42)C(=O)NC([O-])N3)[C@@H](O)[C@H]1O. The molecule has 1 saturated heterocycles. The van der Waals surface area contributed by atoms with Gasteiger partial charge >= 0.3 is 15.6 Å². The molecule has 3 aromatic rings. The van der Waals surface area contributed by atoms with Crippen LogP contribution in [-0.4, -0.2) is 123 Å². The fraction of sp³-hybridized carbons (Fsp3) is 0.440. The van der Waals surface area contributed by atoms with Crippen molar-refractivity contribution in [3.63, 3.8) is 0 Å². The lowest BCUT2D eigenvalue weighted by Gasteiger charge is -2.43. The van der Waals surface area contributed by atoms with Crippen molar-refractivity contribution in [1.82, 2.24) is 30.2 Å². The molecule has 0 saturated carbocycles. The largest absolute Gasteiger partial charge is 0.820 e. The number of amides is 1. The van der Waals surface area contributed by atoms with Crippen molar-refractivity contribution >= 4 is 73.1 Å². The second kappa shape index (κ2) is 15.1. The number of nitrogens with one attached hydrogen (secondary N) is 3. The van der Waals surface area contributed by atoms with Gasteiger partial charge in [-0.3, -0.25) is 18.4 Å². The summed E-state index contributed by atoms with van der Waals surface area (Å²) in [5, 5.41) is 72.6. The summed E-state index contributed by atoms with van der Waals surface area (Å²) in [6.07, 6.45) is -11.9. The number of benzene rings is 1. The van der Waals surface area contributed by atoms with E-state index >= 15 is 0 Å². The lowest BCUT2D eigenvalue weighted by atomic mass is 10.1. The van der Waals surface area contributed by atoms with Crippen LogP contribution in [0, 0.1) is 0 Å². The van der Waals surface area contributed by atoms with E-state index in [0.29, 0.717) is 0 Å². The third kappa shape index (κ3) is 8.23. The molecule has 0 aliphatic carbocycles. The summed E-state index contributed by atoms with van der Waals surface area (Å²) in [6, 6.07) is 2.70. The number of phosphoric acid groups is 2. The lowest BCUT2D eigenvalue weighted by molar-refractivity contribution is -0.433. The van der Waals surface area contributed by atoms with E-state index in [1.807, 2.05) is 0 Å². The molecule has 12 N–H and O–H groups in total. The van der Waals surface area contributed by atoms with E-state index in [1.165, 1.54) is 27.9 Å². The van der Waals surface area contributed by atoms with Gasteiger partial charge in [0.25, 0.3) is 5.91 Å². The van der Waals surface area contributed by atoms with Crippen LogP contribution in [0.3, 0.4) is 0 Å². The number of fused-ring (bicyclic) bond motifs is 2. The summed E-state index contributed by atoms with van der Waals surface area (Å²) in [6.45, 7) is -2.84. The standard InChI is InChI=1S/C25H30Cl2N9O15P2/c26-8-1-10-11(2-9(8)27)35(22-16(32-10)23(42)34-25(43)33-22)3-12(37)17(39)13(38)4-48-52(44,45)51-53(46,47)49-5-14-18(40)19(41)24(50-14)36-7-31-15-20(28)29-6-30-21(15)36/h1-2,6-7,12-14,17-19,24-25,32-33,37-41H,3-5H2,(H,34,42)(H,44,45)(H,46,47)(H2,28,29,30)/q-1/t12-,13-,14-,17-,18-,19-,24-,25?/m1/s1. The van der Waals surface area contributed by atoms with Crippen LogP contribution < -0.4 is 31.7 Å². The number of anilines is 3. The molecule has 5 heterocycles. The number of nitrogens with zero attached hydrogens (tertiary/aromatic N) is 5. The smallest absolute Gasteiger partial charge is 0.481 e. The number of nitrogens with two attached hydrogens (primary N) is 1. The molecule has 1 amide bonds. The summed E-state index contributed by atoms with van der Waals surface area (Å²) in [5.74, 6) is -0.915. The molecule has 28 heteroatoms. The Hall–Kier alpha value is -3.26. The minimum atomic E-state index is -5.56. The molecule has 3 aliphatic heterocycles. The first-order valence-electron chi connectivity index (χ1n) is 15.0. The number of halogens is 2. The number of aromatic nitrogens is 4. The van der Waals surface area contributed by atoms with E-state index in [0.717, 1.165) is 6.33 Å². The van der Waals surface area contributed by atoms with Gasteiger partial charge in [0.15, 0.2) is 17.7 Å². The van der Waals surface area contributed by atoms with Crippen molar-refractivity contribution in [3.8, 4) is 0 Å². The van der Waals surface area contributed by atoms with Gasteiger partial charge in [-0.05, 0) is 12.1 Å². The summed E-state index contributed by atoms with van der Waals surface area (Å²) < 4.78 is 45.3. The van der Waals surface area contributed by atoms with Crippen LogP contribution in [0.15, 0.2) is 36.3 Å². The fourth-order valence-electron chi connectivity index (χ4n) is 5.48. The Morgan fingerprint density at radius 1 is 1.02 bits per heavy atom. The molecule has 24 nitrogen and oxygen atoms in total. The van der Waals surface area contributed by atoms with Crippen molar-refractivity contribution < 1.29 is 72.4 Å². The van der Waals surface area contributed by atoms with Crippen molar-refractivity contribution in [2.75, 3.05) is 35.7 Å². The van der Waals surface area contributed by atoms with Crippen LogP contribution in [0.2, 0.25) is 10.0 Å². The predicted molar refractivity (Wildman–Crippen MR) is 176 cm³/mol. The average Bonchev–Trinajstić information content (AvgIpc) is 3.63. The molecule has 290 valence electrons. The first-order chi connectivity index (χ1) is 24.9. The second-order valence-electron chi connectivity index (χ2n) is 11.6. The number of carbonyl (C=O) groups excluding carboxylic acids is 1. The van der Waals surface area contributed by atoms with E-state index in [9.17, 15) is 54.4 Å². The lowest BCUT2D eigenvalue weighted by Crippen LogP contribution is -2.62. The van der Waals surface area contributed by atoms with Crippen molar-refractivity contribution in [1.29, 1.82) is 0 Å². The van der Waals surface area contributed by atoms with Gasteiger partial charge in [-0.2, -0.15) is 4.31 Å². The quantitative estimate of drug-likeness (QED) is 0.0771. The van der Waals surface area contributed by atoms with Crippen LogP contribution in [0.1, 0.15) is 6.23 Å². The van der Waals surface area contributed by atoms with E-state index in [4.69, 9.17) is 33.7 Å². The highest BCUT2D eigenvalue weighted by Crippen LogP contribution is 2.60. The molecule has 1 fully saturated rings. The summed E-state index contributed by atoms with van der Waals surface area (Å²) in [4.78, 5) is 45.7. The Morgan fingerprint density at radius 2 is 1.72 bits per heavy atom. The highest BCUT2D eigenvalue weighted by molar-refractivity contribution is 7.61. The number of aliphatic hydroxyl groups excluding tert-OH is 5. The minimum absolute atomic E-state index is 0.0245. The Bertz CT molecular complexity index is 2030. The number of carbonyl (C=O) groups is 1. The number of imidazole rings is 1. The molecule has 1 aromatic carbocycles. The van der Waals surface area contributed by atoms with Crippen LogP contribution in [0.4, 0.5) is 17.2 Å². The molecule has 10 atom stereocenters. The van der Waals surface area contributed by atoms with Gasteiger partial charge in [0.1, 0.15) is 60.0 Å². The van der Waals surface area contributed by atoms with Gasteiger partial charge in [-0.15, -0.1) is 0 Å². The van der Waals surface area contributed by atoms with Crippen molar-refractivity contribution in [2.24, 2.45) is 0 Å². The number of phosphoric ester groups is 2. The van der Waals surface area contributed by atoms with Gasteiger partial charge in [0.2, 0.25) is 0 Å². The first kappa shape index (κ1) is 39.4. The summed E-state index contributed by atoms with van der Waals surface area (Å²) in [7, 11) is -11.0. The third-order valence-corrected chi connectivity index (χ3v) is 11.3. The van der Waals surface area contributed by atoms with Gasteiger partial charge < -0.3 is 71.7 Å². The number of rotatable bonds is 13. The molecule has 0 radical (unpaired) electrons. The fourth-order valence-corrected chi connectivity index (χ4v) is 7.90. The normalized spacial score (nSPS) is 26.8. The Labute approximate surface area is 306 Å². The van der Waals surface area contributed by atoms with E-state index in [1.54, 1.807) is 0 Å². The van der Waals surface area contributed by atoms with E-state index in [-0.39, 0.29) is 49.9 Å². The van der Waals surface area contributed by atoms with E-state index < -0.39 is 90.5 Å². The van der Waals surface area contributed by atoms with Crippen LogP contribution in [-0.2, 0) is 32.0 Å². The maximum atomic E-state index is 12.5. The Balaban J connectivity index is 1.04. The highest BCUT2D eigenvalue weighted by atomic mass is 35.5. The van der Waals surface area contributed by atoms with Crippen LogP contribution in [0.25, 0.3) is 11.2 Å². The zero-order valence-corrected chi connectivity index (χ0v) is 29.7. The molecule has 6 rings (SSSR count). The maximum Gasteiger partial charge on any atom is 0.481 e. The number of β-amino-alcohol motifs (C(OH)–C–C–N with tert-alkyl or cyclic N) is 1. The Kier molecular flexibility index (Phi) is 11.2. The number of ether oxygens (including phenoxy) is 1. The van der Waals surface area contributed by atoms with Gasteiger partial charge in [0, 0.05) is 6.35 Å². The molecule has 3 aliphatic rings. The first-order valence-corrected chi connectivity index (χ1v) is 18.8. The van der Waals surface area contributed by atoms with Crippen molar-refractivity contribution in [3.05, 3.63) is 46.4 Å². The summed E-state index contributed by atoms with van der Waals surface area (Å²) in [5.41, 5.74) is 6.31. The second-order valence-corrected chi connectivity index (χ2v) is 15.5. The molecule has 3 unspecified atom stereocenters. The van der Waals surface area contributed by atoms with E-state index in [2.05, 4.69) is 44.3 Å².